The average Bonchev–Trinajstić information content (AvgIpc) is 2.02. The fourth-order valence-corrected chi connectivity index (χ4v) is 1.04. The Morgan fingerprint density at radius 2 is 1.77 bits per heavy atom. The summed E-state index contributed by atoms with van der Waals surface area (Å²) in [5, 5.41) is 8.13. The molecule has 0 fully saturated rings. The van der Waals surface area contributed by atoms with E-state index in [0.717, 1.165) is 12.8 Å². The van der Waals surface area contributed by atoms with Crippen molar-refractivity contribution in [3.8, 4) is 0 Å². The van der Waals surface area contributed by atoms with Gasteiger partial charge in [0.1, 0.15) is 0 Å². The summed E-state index contributed by atoms with van der Waals surface area (Å²) in [5.41, 5.74) is 0. The zero-order valence-electron chi connectivity index (χ0n) is 9.71. The number of carboxylic acid groups (broad SMARTS) is 1. The number of carbonyl (C=O) groups is 1. The van der Waals surface area contributed by atoms with Crippen LogP contribution in [0, 0.1) is 0 Å². The monoisotopic (exact) mass is 182 g/mol. The maximum Gasteiger partial charge on any atom is 1.00 e. The molecule has 0 radical (unpaired) electrons. The van der Waals surface area contributed by atoms with Crippen LogP contribution in [0.15, 0.2) is 0 Å². The van der Waals surface area contributed by atoms with Gasteiger partial charge in [-0.2, -0.15) is 0 Å². The van der Waals surface area contributed by atoms with Gasteiger partial charge in [-0.1, -0.05) is 39.0 Å². The molecule has 74 valence electrons. The van der Waals surface area contributed by atoms with E-state index in [9.17, 15) is 4.79 Å². The fourth-order valence-electron chi connectivity index (χ4n) is 1.04. The van der Waals surface area contributed by atoms with Gasteiger partial charge in [-0.25, -0.2) is 4.79 Å². The molecular formula is C9H19LiO3. The molecule has 0 aromatic carbocycles. The summed E-state index contributed by atoms with van der Waals surface area (Å²) in [7, 11) is 0. The maximum atomic E-state index is 9.91. The Hall–Kier alpha value is -0.133. The third-order valence-electron chi connectivity index (χ3n) is 1.72. The average molecular weight is 182 g/mol. The van der Waals surface area contributed by atoms with Gasteiger partial charge in [0.15, 0.2) is 0 Å². The molecule has 0 saturated heterocycles. The van der Waals surface area contributed by atoms with Crippen LogP contribution >= 0.6 is 0 Å². The van der Waals surface area contributed by atoms with Gasteiger partial charge in [-0.15, -0.1) is 0 Å². The minimum Gasteiger partial charge on any atom is -1.00 e. The molecule has 0 amide bonds. The zero-order valence-corrected chi connectivity index (χ0v) is 8.71. The normalized spacial score (nSPS) is 9.00. The van der Waals surface area contributed by atoms with Gasteiger partial charge in [0.25, 0.3) is 0 Å². The number of hydrogen-bond donors (Lipinski definition) is 1. The number of ether oxygens (including phenoxy) is 1. The minimum absolute atomic E-state index is 0. The Kier molecular flexibility index (Phi) is 14.0. The van der Waals surface area contributed by atoms with E-state index in [1.54, 1.807) is 0 Å². The van der Waals surface area contributed by atoms with Crippen LogP contribution in [0.5, 0.6) is 0 Å². The van der Waals surface area contributed by atoms with Gasteiger partial charge >= 0.3 is 25.0 Å². The van der Waals surface area contributed by atoms with Crippen molar-refractivity contribution in [1.82, 2.24) is 0 Å². The van der Waals surface area contributed by atoms with E-state index in [2.05, 4.69) is 11.7 Å². The summed E-state index contributed by atoms with van der Waals surface area (Å²) in [4.78, 5) is 9.91. The van der Waals surface area contributed by atoms with Crippen molar-refractivity contribution in [2.45, 2.75) is 45.4 Å². The molecule has 1 N–H and O–H groups in total. The van der Waals surface area contributed by atoms with Crippen molar-refractivity contribution in [1.29, 1.82) is 0 Å². The summed E-state index contributed by atoms with van der Waals surface area (Å²) in [6, 6.07) is 0. The molecular weight excluding hydrogens is 163 g/mol. The number of rotatable bonds is 7. The summed E-state index contributed by atoms with van der Waals surface area (Å²) >= 11 is 0. The third-order valence-corrected chi connectivity index (χ3v) is 1.72. The second-order valence-electron chi connectivity index (χ2n) is 2.88. The molecule has 0 aliphatic rings. The van der Waals surface area contributed by atoms with E-state index >= 15 is 0 Å². The van der Waals surface area contributed by atoms with Crippen LogP contribution in [-0.2, 0) is 4.74 Å². The van der Waals surface area contributed by atoms with Crippen molar-refractivity contribution in [2.24, 2.45) is 0 Å². The van der Waals surface area contributed by atoms with Gasteiger partial charge in [-0.05, 0) is 6.42 Å². The minimum atomic E-state index is -1.16. The molecule has 0 aromatic heterocycles. The molecule has 0 unspecified atom stereocenters. The second kappa shape index (κ2) is 11.9. The largest absolute Gasteiger partial charge is 1.00 e. The Labute approximate surface area is 93.5 Å². The topological polar surface area (TPSA) is 46.5 Å². The van der Waals surface area contributed by atoms with Crippen molar-refractivity contribution < 1.29 is 34.9 Å². The molecule has 0 rings (SSSR count). The Balaban J connectivity index is -0.000000605. The molecule has 0 aliphatic heterocycles. The Morgan fingerprint density at radius 1 is 1.23 bits per heavy atom. The van der Waals surface area contributed by atoms with Gasteiger partial charge in [0.2, 0.25) is 0 Å². The predicted octanol–water partition coefficient (Wildman–Crippen LogP) is 0.158. The number of unbranched alkanes of at least 4 members (excludes halogenated alkanes) is 5. The summed E-state index contributed by atoms with van der Waals surface area (Å²) in [6.07, 6.45) is 5.73. The first-order valence-electron chi connectivity index (χ1n) is 4.63. The van der Waals surface area contributed by atoms with Crippen LogP contribution in [0.1, 0.15) is 46.9 Å². The zero-order chi connectivity index (χ0) is 9.23. The first-order valence-corrected chi connectivity index (χ1v) is 4.63. The predicted molar refractivity (Wildman–Crippen MR) is 48.5 cm³/mol. The van der Waals surface area contributed by atoms with Crippen molar-refractivity contribution in [3.63, 3.8) is 0 Å². The summed E-state index contributed by atoms with van der Waals surface area (Å²) < 4.78 is 4.37. The van der Waals surface area contributed by atoms with Crippen molar-refractivity contribution in [3.05, 3.63) is 0 Å². The van der Waals surface area contributed by atoms with E-state index < -0.39 is 6.16 Å². The molecule has 0 bridgehead atoms. The van der Waals surface area contributed by atoms with E-state index in [4.69, 9.17) is 5.11 Å². The molecule has 0 atom stereocenters. The molecule has 3 nitrogen and oxygen atoms in total. The molecule has 13 heavy (non-hydrogen) atoms. The fraction of sp³-hybridized carbons (Fsp3) is 0.889. The van der Waals surface area contributed by atoms with Gasteiger partial charge in [0.05, 0.1) is 6.61 Å². The van der Waals surface area contributed by atoms with Crippen molar-refractivity contribution >= 4 is 6.16 Å². The Bertz CT molecular complexity index is 123. The Morgan fingerprint density at radius 3 is 2.31 bits per heavy atom. The van der Waals surface area contributed by atoms with E-state index in [-0.39, 0.29) is 20.3 Å². The second-order valence-corrected chi connectivity index (χ2v) is 2.88. The van der Waals surface area contributed by atoms with Crippen LogP contribution < -0.4 is 18.9 Å². The van der Waals surface area contributed by atoms with Crippen molar-refractivity contribution in [2.75, 3.05) is 6.61 Å². The van der Waals surface area contributed by atoms with Crippen LogP contribution in [0.2, 0.25) is 0 Å². The van der Waals surface area contributed by atoms with Gasteiger partial charge < -0.3 is 11.3 Å². The van der Waals surface area contributed by atoms with Crippen LogP contribution in [0.4, 0.5) is 4.79 Å². The molecule has 0 spiro atoms. The van der Waals surface area contributed by atoms with E-state index in [0.29, 0.717) is 6.61 Å². The third kappa shape index (κ3) is 14.7. The number of hydrogen-bond acceptors (Lipinski definition) is 2. The van der Waals surface area contributed by atoms with Crippen LogP contribution in [0.25, 0.3) is 0 Å². The van der Waals surface area contributed by atoms with E-state index in [1.807, 2.05) is 0 Å². The van der Waals surface area contributed by atoms with Crippen LogP contribution in [0.3, 0.4) is 0 Å². The molecule has 0 saturated carbocycles. The smallest absolute Gasteiger partial charge is 1.00 e. The summed E-state index contributed by atoms with van der Waals surface area (Å²) in [6.45, 7) is 2.52. The van der Waals surface area contributed by atoms with Crippen LogP contribution in [-0.4, -0.2) is 17.9 Å². The summed E-state index contributed by atoms with van der Waals surface area (Å²) in [5.74, 6) is 0. The molecule has 0 heterocycles. The first kappa shape index (κ1) is 15.3. The molecule has 0 aliphatic carbocycles. The van der Waals surface area contributed by atoms with E-state index in [1.165, 1.54) is 25.7 Å². The van der Waals surface area contributed by atoms with Gasteiger partial charge in [-0.3, -0.25) is 0 Å². The quantitative estimate of drug-likeness (QED) is 0.346. The first-order chi connectivity index (χ1) is 5.77. The maximum absolute atomic E-state index is 9.91. The standard InChI is InChI=1S/C9H18O3.Li.H/c1-2-3-4-5-6-7-8-12-9(10)11;;/h2-8H2,1H3,(H,10,11);;/q;+1;-1. The molecule has 4 heteroatoms. The van der Waals surface area contributed by atoms with Gasteiger partial charge in [0, 0.05) is 0 Å². The SMILES string of the molecule is CCCCCCCCOC(=O)O.[H-].[Li+]. The molecule has 0 aromatic rings.